The van der Waals surface area contributed by atoms with Crippen LogP contribution in [0.25, 0.3) is 0 Å². The van der Waals surface area contributed by atoms with Crippen LogP contribution in [0.3, 0.4) is 0 Å². The van der Waals surface area contributed by atoms with Crippen LogP contribution in [0.4, 0.5) is 11.5 Å². The monoisotopic (exact) mass is 244 g/mol. The summed E-state index contributed by atoms with van der Waals surface area (Å²) in [4.78, 5) is 4.13. The van der Waals surface area contributed by atoms with Crippen LogP contribution >= 0.6 is 11.3 Å². The Labute approximate surface area is 104 Å². The number of hydrogen-bond donors (Lipinski definition) is 2. The minimum absolute atomic E-state index is 0.261. The fourth-order valence-electron chi connectivity index (χ4n) is 1.41. The number of aromatic nitrogens is 1. The number of nitrogens with zero attached hydrogens (tertiary/aromatic N) is 2. The van der Waals surface area contributed by atoms with Crippen LogP contribution in [0.15, 0.2) is 22.9 Å². The first-order chi connectivity index (χ1) is 8.20. The van der Waals surface area contributed by atoms with Gasteiger partial charge < -0.3 is 11.1 Å². The molecule has 3 N–H and O–H groups in total. The molecule has 0 aliphatic carbocycles. The summed E-state index contributed by atoms with van der Waals surface area (Å²) in [6, 6.07) is 5.43. The van der Waals surface area contributed by atoms with Crippen molar-refractivity contribution < 1.29 is 0 Å². The predicted molar refractivity (Wildman–Crippen MR) is 69.7 cm³/mol. The summed E-state index contributed by atoms with van der Waals surface area (Å²) in [7, 11) is 0. The number of nitrogen functional groups attached to an aromatic ring is 1. The van der Waals surface area contributed by atoms with Crippen LogP contribution in [0.2, 0.25) is 0 Å². The van der Waals surface area contributed by atoms with E-state index in [1.165, 1.54) is 11.1 Å². The molecule has 2 heterocycles. The molecule has 0 saturated heterocycles. The van der Waals surface area contributed by atoms with Crippen molar-refractivity contribution >= 4 is 22.8 Å². The van der Waals surface area contributed by atoms with Crippen molar-refractivity contribution in [3.05, 3.63) is 39.7 Å². The van der Waals surface area contributed by atoms with Crippen LogP contribution in [-0.2, 0) is 6.54 Å². The van der Waals surface area contributed by atoms with E-state index in [2.05, 4.69) is 28.0 Å². The number of nitrogens with two attached hydrogens (primary N) is 1. The molecule has 0 bridgehead atoms. The van der Waals surface area contributed by atoms with Gasteiger partial charge in [-0.3, -0.25) is 0 Å². The van der Waals surface area contributed by atoms with Gasteiger partial charge in [0.25, 0.3) is 0 Å². The zero-order valence-electron chi connectivity index (χ0n) is 9.40. The topological polar surface area (TPSA) is 74.7 Å². The van der Waals surface area contributed by atoms with Gasteiger partial charge in [0.1, 0.15) is 11.9 Å². The SMILES string of the molecule is Cc1cscc1CNc1ccc(N)c(C#N)n1. The van der Waals surface area contributed by atoms with E-state index in [1.54, 1.807) is 23.5 Å². The average molecular weight is 244 g/mol. The number of anilines is 2. The lowest BCUT2D eigenvalue weighted by molar-refractivity contribution is 1.10. The van der Waals surface area contributed by atoms with Crippen molar-refractivity contribution in [2.75, 3.05) is 11.1 Å². The molecule has 0 fully saturated rings. The minimum atomic E-state index is 0.261. The minimum Gasteiger partial charge on any atom is -0.396 e. The molecule has 5 heteroatoms. The van der Waals surface area contributed by atoms with Gasteiger partial charge >= 0.3 is 0 Å². The van der Waals surface area contributed by atoms with Crippen LogP contribution < -0.4 is 11.1 Å². The molecule has 2 rings (SSSR count). The van der Waals surface area contributed by atoms with Gasteiger partial charge in [-0.25, -0.2) is 4.98 Å². The van der Waals surface area contributed by atoms with Gasteiger partial charge in [0, 0.05) is 6.54 Å². The Hall–Kier alpha value is -2.06. The highest BCUT2D eigenvalue weighted by Gasteiger charge is 2.03. The third kappa shape index (κ3) is 2.55. The molecule has 0 amide bonds. The number of aryl methyl sites for hydroxylation is 1. The van der Waals surface area contributed by atoms with Crippen molar-refractivity contribution in [2.45, 2.75) is 13.5 Å². The van der Waals surface area contributed by atoms with Crippen LogP contribution in [0, 0.1) is 18.3 Å². The quantitative estimate of drug-likeness (QED) is 0.870. The van der Waals surface area contributed by atoms with Crippen LogP contribution in [0.5, 0.6) is 0 Å². The van der Waals surface area contributed by atoms with Gasteiger partial charge in [-0.2, -0.15) is 16.6 Å². The van der Waals surface area contributed by atoms with E-state index in [0.29, 0.717) is 18.1 Å². The largest absolute Gasteiger partial charge is 0.396 e. The maximum Gasteiger partial charge on any atom is 0.165 e. The normalized spacial score (nSPS) is 9.88. The Kier molecular flexibility index (Phi) is 3.26. The Morgan fingerprint density at radius 1 is 1.47 bits per heavy atom. The third-order valence-electron chi connectivity index (χ3n) is 2.45. The van der Waals surface area contributed by atoms with Gasteiger partial charge in [-0.05, 0) is 40.9 Å². The highest BCUT2D eigenvalue weighted by molar-refractivity contribution is 7.08. The van der Waals surface area contributed by atoms with Gasteiger partial charge in [-0.1, -0.05) is 0 Å². The molecule has 2 aromatic rings. The van der Waals surface area contributed by atoms with Gasteiger partial charge in [-0.15, -0.1) is 0 Å². The van der Waals surface area contributed by atoms with Crippen molar-refractivity contribution in [3.63, 3.8) is 0 Å². The second-order valence-electron chi connectivity index (χ2n) is 3.68. The lowest BCUT2D eigenvalue weighted by Crippen LogP contribution is -2.03. The van der Waals surface area contributed by atoms with Gasteiger partial charge in [0.15, 0.2) is 5.69 Å². The first-order valence-electron chi connectivity index (χ1n) is 5.13. The van der Waals surface area contributed by atoms with E-state index >= 15 is 0 Å². The molecule has 0 aromatic carbocycles. The Bertz CT molecular complexity index is 568. The van der Waals surface area contributed by atoms with E-state index in [0.717, 1.165) is 0 Å². The van der Waals surface area contributed by atoms with Crippen LogP contribution in [-0.4, -0.2) is 4.98 Å². The molecule has 0 aliphatic heterocycles. The van der Waals surface area contributed by atoms with E-state index in [-0.39, 0.29) is 5.69 Å². The van der Waals surface area contributed by atoms with Gasteiger partial charge in [0.05, 0.1) is 5.69 Å². The number of rotatable bonds is 3. The predicted octanol–water partition coefficient (Wildman–Crippen LogP) is 2.52. The zero-order valence-corrected chi connectivity index (χ0v) is 10.2. The van der Waals surface area contributed by atoms with E-state index in [4.69, 9.17) is 11.0 Å². The van der Waals surface area contributed by atoms with Crippen molar-refractivity contribution in [2.24, 2.45) is 0 Å². The molecule has 2 aromatic heterocycles. The van der Waals surface area contributed by atoms with E-state index < -0.39 is 0 Å². The lowest BCUT2D eigenvalue weighted by atomic mass is 10.2. The molecule has 0 unspecified atom stereocenters. The molecule has 0 radical (unpaired) electrons. The number of nitrogens with one attached hydrogen (secondary N) is 1. The molecule has 0 saturated carbocycles. The van der Waals surface area contributed by atoms with Crippen LogP contribution in [0.1, 0.15) is 16.8 Å². The Morgan fingerprint density at radius 2 is 2.29 bits per heavy atom. The average Bonchev–Trinajstić information content (AvgIpc) is 2.74. The molecule has 4 nitrogen and oxygen atoms in total. The summed E-state index contributed by atoms with van der Waals surface area (Å²) in [5.41, 5.74) is 8.78. The van der Waals surface area contributed by atoms with E-state index in [1.807, 2.05) is 6.07 Å². The third-order valence-corrected chi connectivity index (χ3v) is 3.36. The summed E-state index contributed by atoms with van der Waals surface area (Å²) in [5.74, 6) is 0.668. The molecule has 0 aliphatic rings. The summed E-state index contributed by atoms with van der Waals surface area (Å²) < 4.78 is 0. The molecule has 17 heavy (non-hydrogen) atoms. The first-order valence-corrected chi connectivity index (χ1v) is 6.07. The molecule has 0 spiro atoms. The molecular formula is C12H12N4S. The smallest absolute Gasteiger partial charge is 0.165 e. The molecule has 0 atom stereocenters. The van der Waals surface area contributed by atoms with E-state index in [9.17, 15) is 0 Å². The number of thiophene rings is 1. The summed E-state index contributed by atoms with van der Waals surface area (Å²) in [5, 5.41) is 16.2. The molecule has 86 valence electrons. The Morgan fingerprint density at radius 3 is 2.94 bits per heavy atom. The maximum atomic E-state index is 8.82. The Balaban J connectivity index is 2.10. The van der Waals surface area contributed by atoms with Crippen molar-refractivity contribution in [3.8, 4) is 6.07 Å². The summed E-state index contributed by atoms with van der Waals surface area (Å²) in [6.07, 6.45) is 0. The summed E-state index contributed by atoms with van der Waals surface area (Å²) >= 11 is 1.68. The maximum absolute atomic E-state index is 8.82. The van der Waals surface area contributed by atoms with Crippen molar-refractivity contribution in [1.82, 2.24) is 4.98 Å². The highest BCUT2D eigenvalue weighted by atomic mass is 32.1. The fraction of sp³-hybridized carbons (Fsp3) is 0.167. The zero-order chi connectivity index (χ0) is 12.3. The molecular weight excluding hydrogens is 232 g/mol. The van der Waals surface area contributed by atoms with Crippen molar-refractivity contribution in [1.29, 1.82) is 5.26 Å². The standard InChI is InChI=1S/C12H12N4S/c1-8-6-17-7-9(8)5-15-12-3-2-10(14)11(4-13)16-12/h2-3,6-7H,5,14H2,1H3,(H,15,16). The number of nitriles is 1. The second kappa shape index (κ2) is 4.85. The number of pyridine rings is 1. The van der Waals surface area contributed by atoms with Gasteiger partial charge in [0.2, 0.25) is 0 Å². The second-order valence-corrected chi connectivity index (χ2v) is 4.42. The number of hydrogen-bond acceptors (Lipinski definition) is 5. The highest BCUT2D eigenvalue weighted by Crippen LogP contribution is 2.16. The fourth-order valence-corrected chi connectivity index (χ4v) is 2.27. The summed E-state index contributed by atoms with van der Waals surface area (Å²) in [6.45, 7) is 2.78. The lowest BCUT2D eigenvalue weighted by Gasteiger charge is -2.06. The first kappa shape index (κ1) is 11.4.